The molecule has 0 unspecified atom stereocenters. The van der Waals surface area contributed by atoms with E-state index in [-0.39, 0.29) is 4.90 Å². The first-order chi connectivity index (χ1) is 7.88. The number of aryl methyl sites for hydroxylation is 1. The zero-order chi connectivity index (χ0) is 12.6. The number of rotatable bonds is 2. The maximum Gasteiger partial charge on any atom is 0.175 e. The zero-order valence-corrected chi connectivity index (χ0v) is 10.4. The fourth-order valence-corrected chi connectivity index (χ4v) is 2.08. The number of benzene rings is 1. The molecule has 2 rings (SSSR count). The van der Waals surface area contributed by atoms with Gasteiger partial charge in [-0.15, -0.1) is 0 Å². The Morgan fingerprint density at radius 1 is 1.24 bits per heavy atom. The van der Waals surface area contributed by atoms with Crippen molar-refractivity contribution in [2.45, 2.75) is 11.8 Å². The number of hydrogen-bond donors (Lipinski definition) is 1. The van der Waals surface area contributed by atoms with Crippen LogP contribution in [0.1, 0.15) is 5.56 Å². The lowest BCUT2D eigenvalue weighted by Gasteiger charge is -2.02. The molecule has 17 heavy (non-hydrogen) atoms. The van der Waals surface area contributed by atoms with Crippen LogP contribution in [0, 0.1) is 6.92 Å². The molecule has 0 atom stereocenters. The van der Waals surface area contributed by atoms with Gasteiger partial charge in [0, 0.05) is 18.0 Å². The van der Waals surface area contributed by atoms with Crippen LogP contribution in [-0.2, 0) is 9.84 Å². The van der Waals surface area contributed by atoms with E-state index in [2.05, 4.69) is 5.10 Å². The van der Waals surface area contributed by atoms with E-state index in [0.29, 0.717) is 5.82 Å². The van der Waals surface area contributed by atoms with Crippen LogP contribution in [0.3, 0.4) is 0 Å². The molecule has 2 N–H and O–H groups in total. The first-order valence-corrected chi connectivity index (χ1v) is 6.89. The first kappa shape index (κ1) is 11.7. The molecule has 0 aliphatic carbocycles. The summed E-state index contributed by atoms with van der Waals surface area (Å²) in [5.74, 6) is 0.470. The topological polar surface area (TPSA) is 78.0 Å². The van der Waals surface area contributed by atoms with Crippen LogP contribution in [0.2, 0.25) is 0 Å². The van der Waals surface area contributed by atoms with Crippen LogP contribution >= 0.6 is 0 Å². The second kappa shape index (κ2) is 3.89. The van der Waals surface area contributed by atoms with Crippen molar-refractivity contribution in [2.24, 2.45) is 0 Å². The molecule has 5 nitrogen and oxygen atoms in total. The molecule has 90 valence electrons. The molecule has 0 saturated heterocycles. The molecular weight excluding hydrogens is 238 g/mol. The minimum absolute atomic E-state index is 0.290. The molecule has 0 spiro atoms. The molecule has 0 aliphatic heterocycles. The minimum Gasteiger partial charge on any atom is -0.382 e. The van der Waals surface area contributed by atoms with Crippen molar-refractivity contribution in [3.05, 3.63) is 36.0 Å². The fraction of sp³-hybridized carbons (Fsp3) is 0.182. The number of nitrogens with zero attached hydrogens (tertiary/aromatic N) is 2. The minimum atomic E-state index is -3.16. The standard InChI is InChI=1S/C11H13N3O2S/c1-8-7-14(13-11(8)12)9-3-5-10(6-4-9)17(2,15)16/h3-7H,1-2H3,(H2,12,13). The molecule has 0 aliphatic rings. The molecule has 0 fully saturated rings. The van der Waals surface area contributed by atoms with Gasteiger partial charge in [-0.2, -0.15) is 5.10 Å². The summed E-state index contributed by atoms with van der Waals surface area (Å²) in [4.78, 5) is 0.290. The molecule has 0 amide bonds. The van der Waals surface area contributed by atoms with Crippen LogP contribution < -0.4 is 5.73 Å². The van der Waals surface area contributed by atoms with Crippen LogP contribution in [0.4, 0.5) is 5.82 Å². The normalized spacial score (nSPS) is 11.6. The molecule has 1 heterocycles. The first-order valence-electron chi connectivity index (χ1n) is 5.00. The quantitative estimate of drug-likeness (QED) is 0.869. The summed E-state index contributed by atoms with van der Waals surface area (Å²) in [6.07, 6.45) is 2.98. The number of anilines is 1. The Morgan fingerprint density at radius 3 is 2.24 bits per heavy atom. The molecule has 0 radical (unpaired) electrons. The third-order valence-electron chi connectivity index (χ3n) is 2.46. The summed E-state index contributed by atoms with van der Waals surface area (Å²) in [6.45, 7) is 1.86. The number of nitrogen functional groups attached to an aromatic ring is 1. The van der Waals surface area contributed by atoms with Gasteiger partial charge in [0.1, 0.15) is 5.82 Å². The van der Waals surface area contributed by atoms with Crippen LogP contribution in [0.25, 0.3) is 5.69 Å². The van der Waals surface area contributed by atoms with Gasteiger partial charge in [-0.1, -0.05) is 0 Å². The molecule has 2 aromatic rings. The fourth-order valence-electron chi connectivity index (χ4n) is 1.45. The van der Waals surface area contributed by atoms with E-state index in [1.54, 1.807) is 35.1 Å². The highest BCUT2D eigenvalue weighted by Gasteiger charge is 2.07. The van der Waals surface area contributed by atoms with E-state index >= 15 is 0 Å². The summed E-state index contributed by atoms with van der Waals surface area (Å²) >= 11 is 0. The summed E-state index contributed by atoms with van der Waals surface area (Å²) in [6, 6.07) is 6.50. The van der Waals surface area contributed by atoms with Gasteiger partial charge in [0.15, 0.2) is 9.84 Å². The van der Waals surface area contributed by atoms with E-state index in [1.807, 2.05) is 6.92 Å². The van der Waals surface area contributed by atoms with Crippen molar-refractivity contribution >= 4 is 15.7 Å². The van der Waals surface area contributed by atoms with Crippen molar-refractivity contribution in [1.29, 1.82) is 0 Å². The molecule has 1 aromatic heterocycles. The second-order valence-electron chi connectivity index (χ2n) is 3.91. The van der Waals surface area contributed by atoms with E-state index < -0.39 is 9.84 Å². The lowest BCUT2D eigenvalue weighted by Crippen LogP contribution is -1.99. The Bertz CT molecular complexity index is 622. The van der Waals surface area contributed by atoms with Crippen molar-refractivity contribution in [2.75, 3.05) is 12.0 Å². The Hall–Kier alpha value is -1.82. The Balaban J connectivity index is 2.42. The van der Waals surface area contributed by atoms with Gasteiger partial charge in [0.25, 0.3) is 0 Å². The maximum atomic E-state index is 11.3. The zero-order valence-electron chi connectivity index (χ0n) is 9.58. The SMILES string of the molecule is Cc1cn(-c2ccc(S(C)(=O)=O)cc2)nc1N. The van der Waals surface area contributed by atoms with Gasteiger partial charge in [0.2, 0.25) is 0 Å². The highest BCUT2D eigenvalue weighted by Crippen LogP contribution is 2.15. The number of aromatic nitrogens is 2. The third kappa shape index (κ3) is 2.31. The highest BCUT2D eigenvalue weighted by molar-refractivity contribution is 7.90. The van der Waals surface area contributed by atoms with E-state index in [4.69, 9.17) is 5.73 Å². The summed E-state index contributed by atoms with van der Waals surface area (Å²) < 4.78 is 24.2. The van der Waals surface area contributed by atoms with Crippen molar-refractivity contribution in [3.63, 3.8) is 0 Å². The summed E-state index contributed by atoms with van der Waals surface area (Å²) in [5.41, 5.74) is 7.31. The molecule has 6 heteroatoms. The largest absolute Gasteiger partial charge is 0.382 e. The van der Waals surface area contributed by atoms with Gasteiger partial charge in [-0.3, -0.25) is 0 Å². The highest BCUT2D eigenvalue weighted by atomic mass is 32.2. The Kier molecular flexibility index (Phi) is 2.66. The number of hydrogen-bond acceptors (Lipinski definition) is 4. The molecule has 0 bridgehead atoms. The van der Waals surface area contributed by atoms with Crippen LogP contribution in [-0.4, -0.2) is 24.5 Å². The van der Waals surface area contributed by atoms with Gasteiger partial charge in [-0.05, 0) is 31.2 Å². The Morgan fingerprint density at radius 2 is 1.82 bits per heavy atom. The van der Waals surface area contributed by atoms with E-state index in [0.717, 1.165) is 11.3 Å². The smallest absolute Gasteiger partial charge is 0.175 e. The van der Waals surface area contributed by atoms with Crippen LogP contribution in [0.15, 0.2) is 35.4 Å². The lowest BCUT2D eigenvalue weighted by molar-refractivity contribution is 0.602. The second-order valence-corrected chi connectivity index (χ2v) is 5.92. The van der Waals surface area contributed by atoms with Crippen molar-refractivity contribution < 1.29 is 8.42 Å². The Labute approximate surface area is 99.8 Å². The van der Waals surface area contributed by atoms with Gasteiger partial charge in [-0.25, -0.2) is 13.1 Å². The number of nitrogens with two attached hydrogens (primary N) is 1. The van der Waals surface area contributed by atoms with E-state index in [9.17, 15) is 8.42 Å². The summed E-state index contributed by atoms with van der Waals surface area (Å²) in [5, 5.41) is 4.12. The van der Waals surface area contributed by atoms with Gasteiger partial charge in [0.05, 0.1) is 10.6 Å². The monoisotopic (exact) mass is 251 g/mol. The van der Waals surface area contributed by atoms with Crippen LogP contribution in [0.5, 0.6) is 0 Å². The number of sulfone groups is 1. The average Bonchev–Trinajstić information content (AvgIpc) is 2.58. The molecule has 1 aromatic carbocycles. The third-order valence-corrected chi connectivity index (χ3v) is 3.59. The predicted octanol–water partition coefficient (Wildman–Crippen LogP) is 1.17. The summed E-state index contributed by atoms with van der Waals surface area (Å²) in [7, 11) is -3.16. The average molecular weight is 251 g/mol. The van der Waals surface area contributed by atoms with Crippen molar-refractivity contribution in [3.8, 4) is 5.69 Å². The maximum absolute atomic E-state index is 11.3. The van der Waals surface area contributed by atoms with E-state index in [1.165, 1.54) is 6.26 Å². The van der Waals surface area contributed by atoms with Crippen molar-refractivity contribution in [1.82, 2.24) is 9.78 Å². The molecular formula is C11H13N3O2S. The lowest BCUT2D eigenvalue weighted by atomic mass is 10.3. The van der Waals surface area contributed by atoms with Gasteiger partial charge < -0.3 is 5.73 Å². The van der Waals surface area contributed by atoms with Gasteiger partial charge >= 0.3 is 0 Å². The predicted molar refractivity (Wildman–Crippen MR) is 65.8 cm³/mol. The molecule has 0 saturated carbocycles.